The maximum atomic E-state index is 11.3. The third kappa shape index (κ3) is 19.0. The lowest BCUT2D eigenvalue weighted by Crippen LogP contribution is -2.45. The molecule has 1 saturated heterocycles. The van der Waals surface area contributed by atoms with Crippen molar-refractivity contribution in [2.24, 2.45) is 5.73 Å². The Kier molecular flexibility index (Phi) is 25.4. The minimum atomic E-state index is -0.480. The molecule has 5 N–H and O–H groups in total. The van der Waals surface area contributed by atoms with Crippen molar-refractivity contribution in [1.29, 1.82) is 0 Å². The number of hydrogen-bond donors (Lipinski definition) is 5. The number of primary amides is 1. The predicted molar refractivity (Wildman–Crippen MR) is 224 cm³/mol. The molecule has 54 heavy (non-hydrogen) atoms. The molecule has 1 amide bonds. The van der Waals surface area contributed by atoms with Gasteiger partial charge in [0.25, 0.3) is 0 Å². The standard InChI is InChI=1S/C21H21N3O3.C15H22N2S.C3H8O.C2H4O.C2H6/c1-14-8-9-27-19(14)21(26-2)24-18-5-3-4-15(11-18)6-7-16-10-17(20(22)25)13-23-12-16;1-2-3-8-16-9-11-17(12-10-16)13-14-4-6-15(18)7-5-14;1-2-3-4;1-2-3;1-2/h3-5,8-11,13,21,23-24H,12H2,1-2H3,(H2,22,25);2,4-7,18H,1,3,8-13H2;4H,2-3H2,1H3;2H,1H3;1-2H3. The lowest BCUT2D eigenvalue weighted by Gasteiger charge is -2.34. The Morgan fingerprint density at radius 2 is 1.78 bits per heavy atom. The van der Waals surface area contributed by atoms with E-state index in [1.807, 2.05) is 64.1 Å². The van der Waals surface area contributed by atoms with Crippen LogP contribution in [-0.2, 0) is 20.9 Å². The number of amides is 1. The third-order valence-corrected chi connectivity index (χ3v) is 8.05. The summed E-state index contributed by atoms with van der Waals surface area (Å²) < 4.78 is 11.0. The van der Waals surface area contributed by atoms with E-state index < -0.39 is 12.1 Å². The topological polar surface area (TPSA) is 133 Å². The number of aryl methyl sites for hydroxylation is 1. The molecule has 0 aliphatic carbocycles. The molecule has 1 atom stereocenters. The Bertz CT molecular complexity index is 1630. The van der Waals surface area contributed by atoms with E-state index in [4.69, 9.17) is 24.8 Å². The second kappa shape index (κ2) is 28.9. The van der Waals surface area contributed by atoms with E-state index in [0.29, 0.717) is 18.7 Å². The van der Waals surface area contributed by atoms with E-state index in [2.05, 4.69) is 75.7 Å². The first-order chi connectivity index (χ1) is 26.2. The fraction of sp³-hybridized carbons (Fsp3) is 0.395. The average molecular weight is 760 g/mol. The van der Waals surface area contributed by atoms with Gasteiger partial charge in [0.15, 0.2) is 12.0 Å². The van der Waals surface area contributed by atoms with Gasteiger partial charge in [0.2, 0.25) is 5.91 Å². The van der Waals surface area contributed by atoms with Crippen LogP contribution in [0.2, 0.25) is 0 Å². The number of aliphatic hydroxyl groups excluding tert-OH is 1. The first kappa shape index (κ1) is 47.5. The Morgan fingerprint density at radius 3 is 2.33 bits per heavy atom. The van der Waals surface area contributed by atoms with Gasteiger partial charge in [-0.1, -0.05) is 56.9 Å². The summed E-state index contributed by atoms with van der Waals surface area (Å²) in [5, 5.41) is 14.2. The van der Waals surface area contributed by atoms with Crippen molar-refractivity contribution in [1.82, 2.24) is 15.1 Å². The predicted octanol–water partition coefficient (Wildman–Crippen LogP) is 6.88. The summed E-state index contributed by atoms with van der Waals surface area (Å²) in [5.74, 6) is 6.44. The second-order valence-corrected chi connectivity index (χ2v) is 12.4. The van der Waals surface area contributed by atoms with Gasteiger partial charge in [0.05, 0.1) is 11.8 Å². The summed E-state index contributed by atoms with van der Waals surface area (Å²) in [4.78, 5) is 26.2. The van der Waals surface area contributed by atoms with Crippen molar-refractivity contribution in [3.63, 3.8) is 0 Å². The third-order valence-electron chi connectivity index (χ3n) is 7.75. The molecule has 294 valence electrons. The first-order valence-corrected chi connectivity index (χ1v) is 18.9. The maximum Gasteiger partial charge on any atom is 0.250 e. The van der Waals surface area contributed by atoms with Gasteiger partial charge in [0, 0.05) is 87.4 Å². The molecule has 0 spiro atoms. The van der Waals surface area contributed by atoms with Crippen LogP contribution in [0.25, 0.3) is 0 Å². The molecule has 0 saturated carbocycles. The normalized spacial score (nSPS) is 13.9. The van der Waals surface area contributed by atoms with Crippen LogP contribution in [0.15, 0.2) is 106 Å². The summed E-state index contributed by atoms with van der Waals surface area (Å²) in [6.07, 6.45) is 9.28. The quantitative estimate of drug-likeness (QED) is 0.0467. The molecule has 10 nitrogen and oxygen atoms in total. The molecular formula is C43H61N5O5S. The highest BCUT2D eigenvalue weighted by Gasteiger charge is 2.17. The highest BCUT2D eigenvalue weighted by molar-refractivity contribution is 7.80. The van der Waals surface area contributed by atoms with Gasteiger partial charge >= 0.3 is 0 Å². The molecule has 3 heterocycles. The van der Waals surface area contributed by atoms with E-state index in [1.165, 1.54) is 38.7 Å². The number of furan rings is 1. The lowest BCUT2D eigenvalue weighted by atomic mass is 10.1. The number of carbonyl (C=O) groups excluding carboxylic acids is 2. The van der Waals surface area contributed by atoms with E-state index in [-0.39, 0.29) is 0 Å². The maximum absolute atomic E-state index is 11.3. The minimum absolute atomic E-state index is 0.319. The zero-order valence-corrected chi connectivity index (χ0v) is 33.8. The lowest BCUT2D eigenvalue weighted by molar-refractivity contribution is -0.114. The minimum Gasteiger partial charge on any atom is -0.464 e. The average Bonchev–Trinajstić information content (AvgIpc) is 3.63. The number of thiol groups is 1. The van der Waals surface area contributed by atoms with Crippen LogP contribution in [0, 0.1) is 18.8 Å². The van der Waals surface area contributed by atoms with Gasteiger partial charge in [-0.05, 0) is 80.3 Å². The molecule has 11 heteroatoms. The molecule has 1 aromatic heterocycles. The number of dihydropyridines is 1. The molecular weight excluding hydrogens is 699 g/mol. The van der Waals surface area contributed by atoms with Crippen LogP contribution < -0.4 is 16.4 Å². The monoisotopic (exact) mass is 759 g/mol. The van der Waals surface area contributed by atoms with Gasteiger partial charge < -0.3 is 40.3 Å². The number of nitrogens with zero attached hydrogens (tertiary/aromatic N) is 2. The van der Waals surface area contributed by atoms with Crippen molar-refractivity contribution >= 4 is 30.5 Å². The fourth-order valence-electron chi connectivity index (χ4n) is 4.95. The molecule has 0 radical (unpaired) electrons. The van der Waals surface area contributed by atoms with Crippen LogP contribution in [0.5, 0.6) is 0 Å². The van der Waals surface area contributed by atoms with Crippen molar-refractivity contribution in [3.8, 4) is 11.8 Å². The molecule has 1 unspecified atom stereocenters. The van der Waals surface area contributed by atoms with E-state index >= 15 is 0 Å². The smallest absolute Gasteiger partial charge is 0.250 e. The number of methoxy groups -OCH3 is 1. The van der Waals surface area contributed by atoms with E-state index in [1.54, 1.807) is 25.6 Å². The van der Waals surface area contributed by atoms with Crippen LogP contribution >= 0.6 is 12.6 Å². The Morgan fingerprint density at radius 1 is 1.13 bits per heavy atom. The number of benzene rings is 2. The van der Waals surface area contributed by atoms with E-state index in [0.717, 1.165) is 65.3 Å². The molecule has 1 fully saturated rings. The number of nitrogens with one attached hydrogen (secondary N) is 2. The van der Waals surface area contributed by atoms with Gasteiger partial charge in [-0.3, -0.25) is 9.69 Å². The fourth-order valence-corrected chi connectivity index (χ4v) is 5.10. The summed E-state index contributed by atoms with van der Waals surface area (Å²) in [5.41, 5.74) is 10.6. The Labute approximate surface area is 328 Å². The van der Waals surface area contributed by atoms with Crippen molar-refractivity contribution in [2.75, 3.05) is 58.3 Å². The zero-order chi connectivity index (χ0) is 40.1. The number of carbonyl (C=O) groups is 2. The summed E-state index contributed by atoms with van der Waals surface area (Å²) in [6.45, 7) is 20.9. The summed E-state index contributed by atoms with van der Waals surface area (Å²) >= 11 is 4.31. The molecule has 3 aromatic rings. The number of aldehydes is 1. The highest BCUT2D eigenvalue weighted by Crippen LogP contribution is 2.24. The van der Waals surface area contributed by atoms with Crippen molar-refractivity contribution in [3.05, 3.63) is 119 Å². The molecule has 2 aromatic carbocycles. The molecule has 5 rings (SSSR count). The molecule has 2 aliphatic heterocycles. The zero-order valence-electron chi connectivity index (χ0n) is 32.9. The van der Waals surface area contributed by atoms with Gasteiger partial charge in [0.1, 0.15) is 6.29 Å². The summed E-state index contributed by atoms with van der Waals surface area (Å²) in [6, 6.07) is 18.1. The number of ether oxygens (including phenoxy) is 1. The van der Waals surface area contributed by atoms with Gasteiger partial charge in [-0.25, -0.2) is 0 Å². The summed E-state index contributed by atoms with van der Waals surface area (Å²) in [7, 11) is 1.62. The number of piperazine rings is 1. The van der Waals surface area contributed by atoms with Crippen molar-refractivity contribution < 1.29 is 23.8 Å². The molecule has 2 aliphatic rings. The number of hydrogen-bond acceptors (Lipinski definition) is 10. The number of aliphatic hydroxyl groups is 1. The van der Waals surface area contributed by atoms with Crippen molar-refractivity contribution in [2.45, 2.75) is 65.1 Å². The number of rotatable bonds is 11. The van der Waals surface area contributed by atoms with Crippen LogP contribution in [0.4, 0.5) is 5.69 Å². The largest absolute Gasteiger partial charge is 0.464 e. The first-order valence-electron chi connectivity index (χ1n) is 18.4. The second-order valence-electron chi connectivity index (χ2n) is 11.9. The van der Waals surface area contributed by atoms with E-state index in [9.17, 15) is 4.79 Å². The highest BCUT2D eigenvalue weighted by atomic mass is 32.1. The molecule has 0 bridgehead atoms. The van der Waals surface area contributed by atoms with Gasteiger partial charge in [-0.15, -0.1) is 19.2 Å². The Hall–Kier alpha value is -4.57. The van der Waals surface area contributed by atoms with Crippen LogP contribution in [0.1, 0.15) is 69.2 Å². The number of nitrogens with two attached hydrogens (primary N) is 1. The number of anilines is 1. The van der Waals surface area contributed by atoms with Crippen LogP contribution in [-0.4, -0.2) is 80.1 Å². The SMILES string of the molecule is C=CCCN1CCN(Cc2ccc(S)cc2)CC1.CC.CC=O.CCCO.COC(Nc1cccc(C#CC2=CC(C(N)=O)=CNC2)c1)c1occc1C. The van der Waals surface area contributed by atoms with Gasteiger partial charge in [-0.2, -0.15) is 0 Å². The Balaban J connectivity index is 0.000000464. The van der Waals surface area contributed by atoms with Crippen LogP contribution in [0.3, 0.4) is 0 Å².